The van der Waals surface area contributed by atoms with Crippen LogP contribution in [0.2, 0.25) is 0 Å². The van der Waals surface area contributed by atoms with Crippen molar-refractivity contribution in [2.45, 2.75) is 32.4 Å². The molecule has 1 aliphatic heterocycles. The van der Waals surface area contributed by atoms with Crippen LogP contribution in [-0.4, -0.2) is 29.1 Å². The number of fused-ring (bicyclic) bond motifs is 1. The van der Waals surface area contributed by atoms with Gasteiger partial charge in [-0.3, -0.25) is 9.79 Å². The van der Waals surface area contributed by atoms with Crippen molar-refractivity contribution in [3.8, 4) is 5.75 Å². The number of methoxy groups -OCH3 is 1. The Kier molecular flexibility index (Phi) is 4.10. The van der Waals surface area contributed by atoms with Gasteiger partial charge in [-0.25, -0.2) is 0 Å². The van der Waals surface area contributed by atoms with Crippen molar-refractivity contribution in [1.29, 1.82) is 0 Å². The molecule has 3 rings (SSSR count). The van der Waals surface area contributed by atoms with E-state index in [2.05, 4.69) is 36.1 Å². The Labute approximate surface area is 139 Å². The molecule has 0 radical (unpaired) electrons. The molecule has 0 saturated carbocycles. The summed E-state index contributed by atoms with van der Waals surface area (Å²) in [5.74, 6) is 1.55. The number of hydrogen-bond donors (Lipinski definition) is 2. The van der Waals surface area contributed by atoms with Crippen LogP contribution >= 0.6 is 11.8 Å². The van der Waals surface area contributed by atoms with Crippen LogP contribution in [0.4, 0.5) is 0 Å². The quantitative estimate of drug-likeness (QED) is 0.907. The Bertz CT molecular complexity index is 828. The molecule has 0 spiro atoms. The summed E-state index contributed by atoms with van der Waals surface area (Å²) in [4.78, 5) is 20.4. The molecule has 1 fully saturated rings. The van der Waals surface area contributed by atoms with Crippen LogP contribution in [-0.2, 0) is 5.54 Å². The Morgan fingerprint density at radius 2 is 2.13 bits per heavy atom. The van der Waals surface area contributed by atoms with Crippen LogP contribution in [0.15, 0.2) is 34.1 Å². The summed E-state index contributed by atoms with van der Waals surface area (Å²) in [7, 11) is 1.62. The van der Waals surface area contributed by atoms with Crippen LogP contribution in [0.3, 0.4) is 0 Å². The Balaban J connectivity index is 2.05. The van der Waals surface area contributed by atoms with E-state index in [0.29, 0.717) is 5.39 Å². The highest BCUT2D eigenvalue weighted by atomic mass is 32.2. The van der Waals surface area contributed by atoms with Crippen molar-refractivity contribution in [3.63, 3.8) is 0 Å². The van der Waals surface area contributed by atoms with E-state index < -0.39 is 0 Å². The van der Waals surface area contributed by atoms with Gasteiger partial charge < -0.3 is 15.0 Å². The molecule has 1 atom stereocenters. The standard InChI is InChI=1S/C17H21N3O2S/c1-10(2)18-16-20-17(3,9-23-16)15-8-14(21)12-6-5-11(22-4)7-13(12)19-15/h5-8,10H,9H2,1-4H3,(H,18,20)(H,19,21). The zero-order valence-electron chi connectivity index (χ0n) is 13.8. The minimum absolute atomic E-state index is 0.0127. The zero-order chi connectivity index (χ0) is 16.6. The largest absolute Gasteiger partial charge is 0.497 e. The van der Waals surface area contributed by atoms with E-state index in [1.807, 2.05) is 6.07 Å². The maximum Gasteiger partial charge on any atom is 0.189 e. The van der Waals surface area contributed by atoms with Crippen LogP contribution < -0.4 is 15.5 Å². The summed E-state index contributed by atoms with van der Waals surface area (Å²) < 4.78 is 5.25. The lowest BCUT2D eigenvalue weighted by Gasteiger charge is -2.24. The maximum absolute atomic E-state index is 12.4. The molecule has 1 aliphatic rings. The van der Waals surface area contributed by atoms with Crippen molar-refractivity contribution in [2.75, 3.05) is 12.9 Å². The topological polar surface area (TPSA) is 66.5 Å². The molecule has 6 heteroatoms. The third-order valence-corrected chi connectivity index (χ3v) is 5.09. The number of nitrogens with one attached hydrogen (secondary N) is 2. The zero-order valence-corrected chi connectivity index (χ0v) is 14.6. The van der Waals surface area contributed by atoms with Gasteiger partial charge in [0.1, 0.15) is 5.75 Å². The van der Waals surface area contributed by atoms with Gasteiger partial charge in [-0.15, -0.1) is 0 Å². The minimum Gasteiger partial charge on any atom is -0.497 e. The molecule has 0 bridgehead atoms. The fourth-order valence-electron chi connectivity index (χ4n) is 2.63. The van der Waals surface area contributed by atoms with Crippen molar-refractivity contribution in [2.24, 2.45) is 4.99 Å². The smallest absolute Gasteiger partial charge is 0.189 e. The number of aromatic amines is 1. The second kappa shape index (κ2) is 5.92. The molecule has 1 saturated heterocycles. The fourth-order valence-corrected chi connectivity index (χ4v) is 3.86. The van der Waals surface area contributed by atoms with Gasteiger partial charge in [-0.1, -0.05) is 11.8 Å². The number of amidine groups is 1. The number of aromatic nitrogens is 1. The average Bonchev–Trinajstić information content (AvgIpc) is 2.88. The molecule has 23 heavy (non-hydrogen) atoms. The van der Waals surface area contributed by atoms with E-state index in [-0.39, 0.29) is 17.0 Å². The van der Waals surface area contributed by atoms with Crippen LogP contribution in [0.25, 0.3) is 10.9 Å². The Morgan fingerprint density at radius 3 is 2.83 bits per heavy atom. The first-order valence-corrected chi connectivity index (χ1v) is 8.60. The molecule has 5 nitrogen and oxygen atoms in total. The highest BCUT2D eigenvalue weighted by Crippen LogP contribution is 2.32. The van der Waals surface area contributed by atoms with E-state index in [4.69, 9.17) is 4.74 Å². The first-order valence-electron chi connectivity index (χ1n) is 7.61. The molecule has 2 heterocycles. The monoisotopic (exact) mass is 331 g/mol. The molecule has 1 aromatic carbocycles. The van der Waals surface area contributed by atoms with E-state index >= 15 is 0 Å². The molecule has 0 aliphatic carbocycles. The van der Waals surface area contributed by atoms with Gasteiger partial charge in [-0.05, 0) is 32.9 Å². The van der Waals surface area contributed by atoms with Gasteiger partial charge in [0.2, 0.25) is 0 Å². The van der Waals surface area contributed by atoms with Gasteiger partial charge in [0, 0.05) is 35.0 Å². The maximum atomic E-state index is 12.4. The predicted molar refractivity (Wildman–Crippen MR) is 96.6 cm³/mol. The van der Waals surface area contributed by atoms with Crippen LogP contribution in [0.1, 0.15) is 26.5 Å². The lowest BCUT2D eigenvalue weighted by molar-refractivity contribution is 0.415. The number of H-pyrrole nitrogens is 1. The van der Waals surface area contributed by atoms with Gasteiger partial charge in [0.25, 0.3) is 0 Å². The molecule has 122 valence electrons. The van der Waals surface area contributed by atoms with E-state index in [1.165, 1.54) is 0 Å². The first kappa shape index (κ1) is 15.9. The molecule has 2 N–H and O–H groups in total. The van der Waals surface area contributed by atoms with Gasteiger partial charge in [0.05, 0.1) is 18.2 Å². The summed E-state index contributed by atoms with van der Waals surface area (Å²) in [5.41, 5.74) is 1.33. The third-order valence-electron chi connectivity index (χ3n) is 3.89. The molecular formula is C17H21N3O2S. The average molecular weight is 331 g/mol. The second-order valence-corrected chi connectivity index (χ2v) is 7.20. The van der Waals surface area contributed by atoms with Gasteiger partial charge in [0.15, 0.2) is 10.6 Å². The highest BCUT2D eigenvalue weighted by Gasteiger charge is 2.35. The summed E-state index contributed by atoms with van der Waals surface area (Å²) in [6.07, 6.45) is 0. The Hall–Kier alpha value is -1.95. The molecular weight excluding hydrogens is 310 g/mol. The summed E-state index contributed by atoms with van der Waals surface area (Å²) in [6.45, 7) is 6.18. The van der Waals surface area contributed by atoms with E-state index in [0.717, 1.165) is 27.9 Å². The number of thioether (sulfide) groups is 1. The third kappa shape index (κ3) is 3.08. The molecule has 1 aromatic heterocycles. The lowest BCUT2D eigenvalue weighted by atomic mass is 9.99. The lowest BCUT2D eigenvalue weighted by Crippen LogP contribution is -2.39. The number of hydrogen-bond acceptors (Lipinski definition) is 4. The number of benzene rings is 1. The fraction of sp³-hybridized carbons (Fsp3) is 0.412. The number of nitrogens with zero attached hydrogens (tertiary/aromatic N) is 1. The van der Waals surface area contributed by atoms with Gasteiger partial charge in [-0.2, -0.15) is 0 Å². The summed E-state index contributed by atoms with van der Waals surface area (Å²) in [5, 5.41) is 5.04. The number of rotatable bonds is 3. The molecule has 0 amide bonds. The van der Waals surface area contributed by atoms with Gasteiger partial charge >= 0.3 is 0 Å². The minimum atomic E-state index is -0.338. The summed E-state index contributed by atoms with van der Waals surface area (Å²) >= 11 is 1.68. The normalized spacial score (nSPS) is 22.7. The molecule has 2 aromatic rings. The first-order chi connectivity index (χ1) is 10.9. The molecule has 1 unspecified atom stereocenters. The van der Waals surface area contributed by atoms with Crippen molar-refractivity contribution in [1.82, 2.24) is 10.3 Å². The van der Waals surface area contributed by atoms with Crippen molar-refractivity contribution < 1.29 is 4.74 Å². The number of pyridine rings is 1. The number of aliphatic imine (C=N–C) groups is 1. The predicted octanol–water partition coefficient (Wildman–Crippen LogP) is 2.85. The van der Waals surface area contributed by atoms with Crippen molar-refractivity contribution in [3.05, 3.63) is 40.2 Å². The highest BCUT2D eigenvalue weighted by molar-refractivity contribution is 8.14. The SMILES string of the molecule is COc1ccc2c(=O)cc(C3(C)CSC(=NC(C)C)N3)[nH]c2c1. The second-order valence-electron chi connectivity index (χ2n) is 6.23. The van der Waals surface area contributed by atoms with E-state index in [9.17, 15) is 4.79 Å². The van der Waals surface area contributed by atoms with Crippen LogP contribution in [0.5, 0.6) is 5.75 Å². The van der Waals surface area contributed by atoms with Crippen molar-refractivity contribution >= 4 is 27.8 Å². The number of ether oxygens (including phenoxy) is 1. The van der Waals surface area contributed by atoms with Crippen LogP contribution in [0, 0.1) is 0 Å². The Morgan fingerprint density at radius 1 is 1.35 bits per heavy atom. The van der Waals surface area contributed by atoms with E-state index in [1.54, 1.807) is 37.1 Å². The summed E-state index contributed by atoms with van der Waals surface area (Å²) in [6, 6.07) is 7.37.